The van der Waals surface area contributed by atoms with Crippen LogP contribution in [-0.2, 0) is 0 Å². The Morgan fingerprint density at radius 2 is 2.00 bits per heavy atom. The maximum absolute atomic E-state index is 10.4. The number of hydrogen-bond acceptors (Lipinski definition) is 5. The lowest BCUT2D eigenvalue weighted by Crippen LogP contribution is -2.47. The van der Waals surface area contributed by atoms with Gasteiger partial charge in [-0.2, -0.15) is 0 Å². The molecular weight excluding hydrogens is 341 g/mol. The van der Waals surface area contributed by atoms with Crippen molar-refractivity contribution in [2.45, 2.75) is 6.10 Å². The van der Waals surface area contributed by atoms with E-state index in [0.717, 1.165) is 36.9 Å². The summed E-state index contributed by atoms with van der Waals surface area (Å²) in [6, 6.07) is 5.22. The van der Waals surface area contributed by atoms with Gasteiger partial charge in [-0.25, -0.2) is 4.98 Å². The number of thiazole rings is 1. The summed E-state index contributed by atoms with van der Waals surface area (Å²) in [6.07, 6.45) is 1.23. The average molecular weight is 358 g/mol. The second kappa shape index (κ2) is 7.15. The fourth-order valence-corrected chi connectivity index (χ4v) is 3.84. The molecule has 1 N–H and O–H groups in total. The third kappa shape index (κ3) is 3.73. The molecule has 118 valence electrons. The molecule has 0 saturated carbocycles. The Labute approximate surface area is 143 Å². The number of aliphatic hydroxyl groups excluding tert-OH is 1. The molecule has 1 fully saturated rings. The lowest BCUT2D eigenvalue weighted by atomic mass is 10.1. The molecule has 2 aromatic rings. The standard InChI is InChI=1S/C15H17Cl2N3OS/c16-11-1-2-12(13(17)9-11)14(21)10-19-4-6-20(7-5-19)15-18-3-8-22-15/h1-3,8-9,14,21H,4-7,10H2/t14-/m0/s1. The zero-order valence-electron chi connectivity index (χ0n) is 12.0. The van der Waals surface area contributed by atoms with Gasteiger partial charge in [0.25, 0.3) is 0 Å². The summed E-state index contributed by atoms with van der Waals surface area (Å²) in [4.78, 5) is 8.87. The highest BCUT2D eigenvalue weighted by Crippen LogP contribution is 2.27. The van der Waals surface area contributed by atoms with Gasteiger partial charge in [-0.1, -0.05) is 29.3 Å². The summed E-state index contributed by atoms with van der Waals surface area (Å²) in [7, 11) is 0. The molecule has 22 heavy (non-hydrogen) atoms. The van der Waals surface area contributed by atoms with E-state index in [1.165, 1.54) is 0 Å². The van der Waals surface area contributed by atoms with Crippen LogP contribution in [0.1, 0.15) is 11.7 Å². The van der Waals surface area contributed by atoms with Gasteiger partial charge < -0.3 is 10.0 Å². The van der Waals surface area contributed by atoms with Crippen LogP contribution < -0.4 is 4.90 Å². The third-order valence-electron chi connectivity index (χ3n) is 3.81. The van der Waals surface area contributed by atoms with Crippen molar-refractivity contribution < 1.29 is 5.11 Å². The minimum absolute atomic E-state index is 0.515. The minimum Gasteiger partial charge on any atom is -0.387 e. The predicted molar refractivity (Wildman–Crippen MR) is 92.2 cm³/mol. The molecule has 4 nitrogen and oxygen atoms in total. The van der Waals surface area contributed by atoms with Gasteiger partial charge in [-0.3, -0.25) is 4.90 Å². The lowest BCUT2D eigenvalue weighted by Gasteiger charge is -2.35. The van der Waals surface area contributed by atoms with Gasteiger partial charge in [0, 0.05) is 59.9 Å². The summed E-state index contributed by atoms with van der Waals surface area (Å²) in [6.45, 7) is 4.24. The fourth-order valence-electron chi connectivity index (χ4n) is 2.61. The van der Waals surface area contributed by atoms with Gasteiger partial charge in [-0.05, 0) is 12.1 Å². The second-order valence-corrected chi connectivity index (χ2v) is 7.00. The predicted octanol–water partition coefficient (Wildman–Crippen LogP) is 3.31. The molecule has 1 aromatic heterocycles. The topological polar surface area (TPSA) is 39.6 Å². The van der Waals surface area contributed by atoms with Gasteiger partial charge in [0.05, 0.1) is 6.10 Å². The number of hydrogen-bond donors (Lipinski definition) is 1. The van der Waals surface area contributed by atoms with E-state index in [4.69, 9.17) is 23.2 Å². The molecule has 2 heterocycles. The summed E-state index contributed by atoms with van der Waals surface area (Å²) in [5.41, 5.74) is 0.730. The molecule has 0 aliphatic carbocycles. The van der Waals surface area contributed by atoms with E-state index in [1.807, 2.05) is 11.6 Å². The first-order chi connectivity index (χ1) is 10.6. The molecule has 0 bridgehead atoms. The molecule has 0 radical (unpaired) electrons. The van der Waals surface area contributed by atoms with Crippen LogP contribution in [-0.4, -0.2) is 47.7 Å². The summed E-state index contributed by atoms with van der Waals surface area (Å²) in [5, 5.41) is 14.6. The van der Waals surface area contributed by atoms with E-state index in [0.29, 0.717) is 16.6 Å². The quantitative estimate of drug-likeness (QED) is 0.910. The molecule has 1 atom stereocenters. The van der Waals surface area contributed by atoms with Gasteiger partial charge in [0.1, 0.15) is 0 Å². The Kier molecular flexibility index (Phi) is 5.21. The summed E-state index contributed by atoms with van der Waals surface area (Å²) < 4.78 is 0. The largest absolute Gasteiger partial charge is 0.387 e. The number of aliphatic hydroxyl groups is 1. The van der Waals surface area contributed by atoms with Crippen LogP contribution in [0.3, 0.4) is 0 Å². The normalized spacial score (nSPS) is 17.7. The van der Waals surface area contributed by atoms with Crippen LogP contribution in [0, 0.1) is 0 Å². The zero-order valence-corrected chi connectivity index (χ0v) is 14.3. The number of halogens is 2. The molecule has 1 aliphatic heterocycles. The molecule has 1 saturated heterocycles. The van der Waals surface area contributed by atoms with Gasteiger partial charge >= 0.3 is 0 Å². The van der Waals surface area contributed by atoms with Crippen LogP contribution in [0.4, 0.5) is 5.13 Å². The smallest absolute Gasteiger partial charge is 0.185 e. The Hall–Kier alpha value is -0.850. The second-order valence-electron chi connectivity index (χ2n) is 5.28. The summed E-state index contributed by atoms with van der Waals surface area (Å²) in [5.74, 6) is 0. The Balaban J connectivity index is 1.56. The summed E-state index contributed by atoms with van der Waals surface area (Å²) >= 11 is 13.7. The first-order valence-corrected chi connectivity index (χ1v) is 8.77. The van der Waals surface area contributed by atoms with Crippen molar-refractivity contribution in [1.82, 2.24) is 9.88 Å². The van der Waals surface area contributed by atoms with Crippen molar-refractivity contribution in [2.75, 3.05) is 37.6 Å². The van der Waals surface area contributed by atoms with Crippen molar-refractivity contribution in [1.29, 1.82) is 0 Å². The number of piperazine rings is 1. The number of benzene rings is 1. The molecular formula is C15H17Cl2N3OS. The Morgan fingerprint density at radius 1 is 1.23 bits per heavy atom. The maximum atomic E-state index is 10.4. The highest BCUT2D eigenvalue weighted by atomic mass is 35.5. The van der Waals surface area contributed by atoms with Crippen molar-refractivity contribution in [2.24, 2.45) is 0 Å². The molecule has 0 amide bonds. The average Bonchev–Trinajstić information content (AvgIpc) is 3.02. The van der Waals surface area contributed by atoms with Crippen LogP contribution in [0.15, 0.2) is 29.8 Å². The number of anilines is 1. The number of β-amino-alcohol motifs (C(OH)–C–C–N with tert-alkyl or cyclic N) is 1. The molecule has 1 aliphatic rings. The molecule has 3 rings (SSSR count). The van der Waals surface area contributed by atoms with Crippen molar-refractivity contribution in [3.8, 4) is 0 Å². The van der Waals surface area contributed by atoms with E-state index < -0.39 is 6.10 Å². The van der Waals surface area contributed by atoms with Gasteiger partial charge in [-0.15, -0.1) is 11.3 Å². The highest BCUT2D eigenvalue weighted by Gasteiger charge is 2.22. The molecule has 0 spiro atoms. The van der Waals surface area contributed by atoms with Crippen molar-refractivity contribution >= 4 is 39.7 Å². The Bertz CT molecular complexity index is 615. The monoisotopic (exact) mass is 357 g/mol. The lowest BCUT2D eigenvalue weighted by molar-refractivity contribution is 0.109. The van der Waals surface area contributed by atoms with E-state index in [-0.39, 0.29) is 0 Å². The number of aromatic nitrogens is 1. The molecule has 7 heteroatoms. The van der Waals surface area contributed by atoms with E-state index in [2.05, 4.69) is 14.8 Å². The minimum atomic E-state index is -0.601. The van der Waals surface area contributed by atoms with E-state index in [9.17, 15) is 5.11 Å². The first kappa shape index (κ1) is 16.0. The Morgan fingerprint density at radius 3 is 2.64 bits per heavy atom. The van der Waals surface area contributed by atoms with Gasteiger partial charge in [0.15, 0.2) is 5.13 Å². The maximum Gasteiger partial charge on any atom is 0.185 e. The van der Waals surface area contributed by atoms with Crippen LogP contribution in [0.5, 0.6) is 0 Å². The van der Waals surface area contributed by atoms with E-state index >= 15 is 0 Å². The van der Waals surface area contributed by atoms with Crippen LogP contribution in [0.2, 0.25) is 10.0 Å². The van der Waals surface area contributed by atoms with Gasteiger partial charge in [0.2, 0.25) is 0 Å². The number of rotatable bonds is 4. The van der Waals surface area contributed by atoms with E-state index in [1.54, 1.807) is 29.5 Å². The zero-order chi connectivity index (χ0) is 15.5. The van der Waals surface area contributed by atoms with Crippen molar-refractivity contribution in [3.63, 3.8) is 0 Å². The number of nitrogens with zero attached hydrogens (tertiary/aromatic N) is 3. The molecule has 1 aromatic carbocycles. The third-order valence-corrected chi connectivity index (χ3v) is 5.21. The van der Waals surface area contributed by atoms with Crippen LogP contribution >= 0.6 is 34.5 Å². The van der Waals surface area contributed by atoms with Crippen LogP contribution in [0.25, 0.3) is 0 Å². The first-order valence-electron chi connectivity index (χ1n) is 7.13. The van der Waals surface area contributed by atoms with Crippen molar-refractivity contribution in [3.05, 3.63) is 45.4 Å². The SMILES string of the molecule is O[C@@H](CN1CCN(c2nccs2)CC1)c1ccc(Cl)cc1Cl. The molecule has 0 unspecified atom stereocenters. The fraction of sp³-hybridized carbons (Fsp3) is 0.400. The highest BCUT2D eigenvalue weighted by molar-refractivity contribution is 7.13.